The average molecular weight is 290 g/mol. The van der Waals surface area contributed by atoms with E-state index in [0.29, 0.717) is 11.1 Å². The third-order valence-corrected chi connectivity index (χ3v) is 4.91. The van der Waals surface area contributed by atoms with E-state index in [1.165, 1.54) is 12.5 Å². The predicted octanol–water partition coefficient (Wildman–Crippen LogP) is 2.97. The zero-order chi connectivity index (χ0) is 14.9. The second-order valence-corrected chi connectivity index (χ2v) is 6.63. The summed E-state index contributed by atoms with van der Waals surface area (Å²) in [5, 5.41) is 6.37. The van der Waals surface area contributed by atoms with Crippen LogP contribution in [0.15, 0.2) is 18.2 Å². The third-order valence-electron chi connectivity index (χ3n) is 4.91. The van der Waals surface area contributed by atoms with Crippen LogP contribution in [0.4, 0.5) is 4.39 Å². The molecule has 0 unspecified atom stereocenters. The average Bonchev–Trinajstić information content (AvgIpc) is 2.47. The van der Waals surface area contributed by atoms with E-state index in [1.807, 2.05) is 0 Å². The number of benzene rings is 1. The number of rotatable bonds is 3. The Morgan fingerprint density at radius 2 is 2.05 bits per heavy atom. The molecule has 3 nitrogen and oxygen atoms in total. The van der Waals surface area contributed by atoms with Gasteiger partial charge in [0.05, 0.1) is 0 Å². The maximum Gasteiger partial charge on any atom is 0.251 e. The van der Waals surface area contributed by atoms with Crippen molar-refractivity contribution in [1.29, 1.82) is 0 Å². The van der Waals surface area contributed by atoms with Gasteiger partial charge in [-0.15, -0.1) is 0 Å². The van der Waals surface area contributed by atoms with E-state index < -0.39 is 0 Å². The zero-order valence-corrected chi connectivity index (χ0v) is 12.5. The topological polar surface area (TPSA) is 41.1 Å². The van der Waals surface area contributed by atoms with Gasteiger partial charge in [-0.25, -0.2) is 4.39 Å². The second-order valence-electron chi connectivity index (χ2n) is 6.63. The molecule has 0 aromatic heterocycles. The monoisotopic (exact) mass is 290 g/mol. The molecule has 2 aliphatic rings. The van der Waals surface area contributed by atoms with Crippen molar-refractivity contribution in [2.24, 2.45) is 0 Å². The van der Waals surface area contributed by atoms with Crippen LogP contribution in [0.2, 0.25) is 0 Å². The standard InChI is InChI=1S/C17H23FN2O/c1-17(7-2-8-17)20-16(21)13-3-4-15(18)14(11-13)12-5-9-19-10-6-12/h3-4,11-12,19H,2,5-10H2,1H3,(H,20,21). The second kappa shape index (κ2) is 5.76. The summed E-state index contributed by atoms with van der Waals surface area (Å²) in [7, 11) is 0. The van der Waals surface area contributed by atoms with Crippen molar-refractivity contribution < 1.29 is 9.18 Å². The molecule has 2 N–H and O–H groups in total. The molecule has 1 saturated carbocycles. The largest absolute Gasteiger partial charge is 0.347 e. The fourth-order valence-corrected chi connectivity index (χ4v) is 3.31. The van der Waals surface area contributed by atoms with Crippen molar-refractivity contribution in [2.45, 2.75) is 50.5 Å². The summed E-state index contributed by atoms with van der Waals surface area (Å²) >= 11 is 0. The van der Waals surface area contributed by atoms with Gasteiger partial charge >= 0.3 is 0 Å². The van der Waals surface area contributed by atoms with Gasteiger partial charge in [-0.3, -0.25) is 4.79 Å². The molecule has 0 bridgehead atoms. The van der Waals surface area contributed by atoms with E-state index in [2.05, 4.69) is 17.6 Å². The quantitative estimate of drug-likeness (QED) is 0.898. The van der Waals surface area contributed by atoms with Crippen LogP contribution in [0.1, 0.15) is 60.9 Å². The summed E-state index contributed by atoms with van der Waals surface area (Å²) in [5.41, 5.74) is 1.21. The van der Waals surface area contributed by atoms with Gasteiger partial charge < -0.3 is 10.6 Å². The minimum Gasteiger partial charge on any atom is -0.347 e. The number of hydrogen-bond donors (Lipinski definition) is 2. The summed E-state index contributed by atoms with van der Waals surface area (Å²) in [4.78, 5) is 12.4. The number of carbonyl (C=O) groups is 1. The molecular formula is C17H23FN2O. The van der Waals surface area contributed by atoms with Gasteiger partial charge in [0, 0.05) is 11.1 Å². The number of carbonyl (C=O) groups excluding carboxylic acids is 1. The normalized spacial score (nSPS) is 21.6. The van der Waals surface area contributed by atoms with Crippen molar-refractivity contribution in [1.82, 2.24) is 10.6 Å². The molecule has 1 amide bonds. The first-order valence-electron chi connectivity index (χ1n) is 7.90. The molecular weight excluding hydrogens is 267 g/mol. The summed E-state index contributed by atoms with van der Waals surface area (Å²) in [5.74, 6) is -0.0426. The fourth-order valence-electron chi connectivity index (χ4n) is 3.31. The zero-order valence-electron chi connectivity index (χ0n) is 12.5. The lowest BCUT2D eigenvalue weighted by atomic mass is 9.78. The van der Waals surface area contributed by atoms with Crippen LogP contribution in [0.25, 0.3) is 0 Å². The molecule has 0 spiro atoms. The first kappa shape index (κ1) is 14.5. The van der Waals surface area contributed by atoms with Crippen LogP contribution in [0.3, 0.4) is 0 Å². The molecule has 1 aliphatic heterocycles. The van der Waals surface area contributed by atoms with Gasteiger partial charge in [0.25, 0.3) is 5.91 Å². The number of piperidine rings is 1. The van der Waals surface area contributed by atoms with E-state index >= 15 is 0 Å². The van der Waals surface area contributed by atoms with E-state index in [1.54, 1.807) is 12.1 Å². The van der Waals surface area contributed by atoms with Gasteiger partial charge in [-0.2, -0.15) is 0 Å². The molecule has 1 aliphatic carbocycles. The van der Waals surface area contributed by atoms with Crippen LogP contribution < -0.4 is 10.6 Å². The molecule has 4 heteroatoms. The number of nitrogens with one attached hydrogen (secondary N) is 2. The van der Waals surface area contributed by atoms with Crippen LogP contribution in [-0.4, -0.2) is 24.5 Å². The highest BCUT2D eigenvalue weighted by molar-refractivity contribution is 5.95. The Morgan fingerprint density at radius 3 is 2.67 bits per heavy atom. The summed E-state index contributed by atoms with van der Waals surface area (Å²) in [6, 6.07) is 4.79. The SMILES string of the molecule is CC1(NC(=O)c2ccc(F)c(C3CCNCC3)c2)CCC1. The Hall–Kier alpha value is -1.42. The minimum atomic E-state index is -0.187. The summed E-state index contributed by atoms with van der Waals surface area (Å²) in [6.07, 6.45) is 5.09. The maximum absolute atomic E-state index is 14.1. The van der Waals surface area contributed by atoms with Crippen LogP contribution in [-0.2, 0) is 0 Å². The molecule has 1 aromatic rings. The Kier molecular flexibility index (Phi) is 3.98. The lowest BCUT2D eigenvalue weighted by Crippen LogP contribution is -2.50. The predicted molar refractivity (Wildman–Crippen MR) is 81.0 cm³/mol. The molecule has 0 atom stereocenters. The smallest absolute Gasteiger partial charge is 0.251 e. The van der Waals surface area contributed by atoms with Crippen LogP contribution in [0, 0.1) is 5.82 Å². The highest BCUT2D eigenvalue weighted by Gasteiger charge is 2.33. The van der Waals surface area contributed by atoms with Crippen LogP contribution >= 0.6 is 0 Å². The van der Waals surface area contributed by atoms with Gasteiger partial charge in [-0.1, -0.05) is 0 Å². The summed E-state index contributed by atoms with van der Waals surface area (Å²) < 4.78 is 14.1. The Balaban J connectivity index is 1.77. The van der Waals surface area contributed by atoms with Gasteiger partial charge in [0.15, 0.2) is 0 Å². The van der Waals surface area contributed by atoms with Crippen molar-refractivity contribution in [3.8, 4) is 0 Å². The molecule has 1 heterocycles. The third kappa shape index (κ3) is 3.10. The summed E-state index contributed by atoms with van der Waals surface area (Å²) in [6.45, 7) is 3.91. The highest BCUT2D eigenvalue weighted by atomic mass is 19.1. The lowest BCUT2D eigenvalue weighted by Gasteiger charge is -2.39. The van der Waals surface area contributed by atoms with Gasteiger partial charge in [0.2, 0.25) is 0 Å². The molecule has 21 heavy (non-hydrogen) atoms. The molecule has 2 fully saturated rings. The first-order chi connectivity index (χ1) is 10.1. The molecule has 0 radical (unpaired) electrons. The van der Waals surface area contributed by atoms with Crippen molar-refractivity contribution >= 4 is 5.91 Å². The highest BCUT2D eigenvalue weighted by Crippen LogP contribution is 2.32. The van der Waals surface area contributed by atoms with Crippen molar-refractivity contribution in [2.75, 3.05) is 13.1 Å². The Bertz CT molecular complexity index is 534. The van der Waals surface area contributed by atoms with E-state index in [-0.39, 0.29) is 23.2 Å². The van der Waals surface area contributed by atoms with E-state index in [4.69, 9.17) is 0 Å². The number of hydrogen-bond acceptors (Lipinski definition) is 2. The number of halogens is 1. The maximum atomic E-state index is 14.1. The first-order valence-corrected chi connectivity index (χ1v) is 7.90. The fraction of sp³-hybridized carbons (Fsp3) is 0.588. The van der Waals surface area contributed by atoms with E-state index in [9.17, 15) is 9.18 Å². The van der Waals surface area contributed by atoms with E-state index in [0.717, 1.165) is 38.8 Å². The van der Waals surface area contributed by atoms with Crippen molar-refractivity contribution in [3.63, 3.8) is 0 Å². The molecule has 1 aromatic carbocycles. The molecule has 1 saturated heterocycles. The van der Waals surface area contributed by atoms with Gasteiger partial charge in [0.1, 0.15) is 5.82 Å². The van der Waals surface area contributed by atoms with Crippen LogP contribution in [0.5, 0.6) is 0 Å². The van der Waals surface area contributed by atoms with Gasteiger partial charge in [-0.05, 0) is 81.8 Å². The Labute approximate surface area is 125 Å². The molecule has 114 valence electrons. The molecule has 3 rings (SSSR count). The van der Waals surface area contributed by atoms with Crippen molar-refractivity contribution in [3.05, 3.63) is 35.1 Å². The number of amides is 1. The lowest BCUT2D eigenvalue weighted by molar-refractivity contribution is 0.0850. The minimum absolute atomic E-state index is 0.0691. The Morgan fingerprint density at radius 1 is 1.33 bits per heavy atom.